The lowest BCUT2D eigenvalue weighted by molar-refractivity contribution is -0.137. The van der Waals surface area contributed by atoms with Crippen LogP contribution in [0.4, 0.5) is 0 Å². The van der Waals surface area contributed by atoms with Crippen LogP contribution in [-0.4, -0.2) is 35.7 Å². The molecule has 0 radical (unpaired) electrons. The average Bonchev–Trinajstić information content (AvgIpc) is 2.49. The number of unbranched alkanes of at least 4 members (excludes halogenated alkanes) is 1. The van der Waals surface area contributed by atoms with Crippen molar-refractivity contribution in [1.82, 2.24) is 4.90 Å². The lowest BCUT2D eigenvalue weighted by Crippen LogP contribution is -2.31. The van der Waals surface area contributed by atoms with E-state index in [1.807, 2.05) is 0 Å². The highest BCUT2D eigenvalue weighted by Crippen LogP contribution is 2.24. The SMILES string of the molecule is CCCOc1ccc2c(c1)CCN(CCCCC(=O)O)C2. The van der Waals surface area contributed by atoms with Crippen molar-refractivity contribution in [3.8, 4) is 5.75 Å². The van der Waals surface area contributed by atoms with E-state index >= 15 is 0 Å². The second-order valence-corrected chi connectivity index (χ2v) is 5.66. The molecule has 0 atom stereocenters. The van der Waals surface area contributed by atoms with E-state index in [0.29, 0.717) is 0 Å². The maximum absolute atomic E-state index is 10.5. The molecule has 0 fully saturated rings. The van der Waals surface area contributed by atoms with Crippen molar-refractivity contribution >= 4 is 5.97 Å². The Balaban J connectivity index is 1.82. The minimum atomic E-state index is -0.696. The first-order chi connectivity index (χ1) is 10.2. The first kappa shape index (κ1) is 15.8. The molecule has 116 valence electrons. The van der Waals surface area contributed by atoms with Crippen molar-refractivity contribution in [2.75, 3.05) is 19.7 Å². The van der Waals surface area contributed by atoms with E-state index in [2.05, 4.69) is 30.0 Å². The van der Waals surface area contributed by atoms with E-state index in [0.717, 1.165) is 57.7 Å². The van der Waals surface area contributed by atoms with Gasteiger partial charge in [-0.3, -0.25) is 9.69 Å². The molecule has 1 N–H and O–H groups in total. The number of fused-ring (bicyclic) bond motifs is 1. The maximum Gasteiger partial charge on any atom is 0.303 e. The summed E-state index contributed by atoms with van der Waals surface area (Å²) in [7, 11) is 0. The van der Waals surface area contributed by atoms with Gasteiger partial charge in [-0.2, -0.15) is 0 Å². The molecule has 0 amide bonds. The monoisotopic (exact) mass is 291 g/mol. The molecular formula is C17H25NO3. The number of carboxylic acid groups (broad SMARTS) is 1. The molecule has 0 aromatic heterocycles. The molecule has 1 heterocycles. The molecule has 1 aliphatic heterocycles. The smallest absolute Gasteiger partial charge is 0.303 e. The highest BCUT2D eigenvalue weighted by atomic mass is 16.5. The highest BCUT2D eigenvalue weighted by Gasteiger charge is 2.16. The Morgan fingerprint density at radius 1 is 1.33 bits per heavy atom. The van der Waals surface area contributed by atoms with E-state index in [1.165, 1.54) is 11.1 Å². The van der Waals surface area contributed by atoms with Crippen LogP contribution in [-0.2, 0) is 17.8 Å². The lowest BCUT2D eigenvalue weighted by atomic mass is 9.99. The minimum Gasteiger partial charge on any atom is -0.494 e. The summed E-state index contributed by atoms with van der Waals surface area (Å²) >= 11 is 0. The number of carbonyl (C=O) groups is 1. The zero-order valence-corrected chi connectivity index (χ0v) is 12.8. The fraction of sp³-hybridized carbons (Fsp3) is 0.588. The molecule has 0 spiro atoms. The van der Waals surface area contributed by atoms with Crippen molar-refractivity contribution in [2.45, 2.75) is 45.6 Å². The van der Waals surface area contributed by atoms with Gasteiger partial charge in [0.05, 0.1) is 6.61 Å². The average molecular weight is 291 g/mol. The molecular weight excluding hydrogens is 266 g/mol. The molecule has 0 saturated heterocycles. The summed E-state index contributed by atoms with van der Waals surface area (Å²) in [6.45, 7) is 5.89. The molecule has 4 nitrogen and oxygen atoms in total. The summed E-state index contributed by atoms with van der Waals surface area (Å²) in [6.07, 6.45) is 4.09. The zero-order chi connectivity index (χ0) is 15.1. The molecule has 0 saturated carbocycles. The molecule has 0 unspecified atom stereocenters. The number of hydrogen-bond acceptors (Lipinski definition) is 3. The first-order valence-electron chi connectivity index (χ1n) is 7.88. The third-order valence-electron chi connectivity index (χ3n) is 3.86. The topological polar surface area (TPSA) is 49.8 Å². The molecule has 0 aliphatic carbocycles. The fourth-order valence-corrected chi connectivity index (χ4v) is 2.70. The van der Waals surface area contributed by atoms with Crippen molar-refractivity contribution in [3.63, 3.8) is 0 Å². The normalized spacial score (nSPS) is 14.7. The van der Waals surface area contributed by atoms with Gasteiger partial charge in [-0.1, -0.05) is 13.0 Å². The number of hydrogen-bond donors (Lipinski definition) is 1. The van der Waals surface area contributed by atoms with Gasteiger partial charge in [0.25, 0.3) is 0 Å². The van der Waals surface area contributed by atoms with Gasteiger partial charge in [0.2, 0.25) is 0 Å². The number of aliphatic carboxylic acids is 1. The third kappa shape index (κ3) is 5.05. The molecule has 0 bridgehead atoms. The molecule has 1 aromatic rings. The van der Waals surface area contributed by atoms with Gasteiger partial charge in [0, 0.05) is 19.5 Å². The Bertz CT molecular complexity index is 473. The van der Waals surface area contributed by atoms with Crippen LogP contribution in [0.25, 0.3) is 0 Å². The fourth-order valence-electron chi connectivity index (χ4n) is 2.70. The number of rotatable bonds is 8. The number of nitrogens with zero attached hydrogens (tertiary/aromatic N) is 1. The quantitative estimate of drug-likeness (QED) is 0.748. The van der Waals surface area contributed by atoms with Crippen LogP contribution in [0.2, 0.25) is 0 Å². The van der Waals surface area contributed by atoms with Crippen LogP contribution < -0.4 is 4.74 Å². The van der Waals surface area contributed by atoms with Gasteiger partial charge < -0.3 is 9.84 Å². The largest absolute Gasteiger partial charge is 0.494 e. The van der Waals surface area contributed by atoms with Crippen LogP contribution in [0.15, 0.2) is 18.2 Å². The maximum atomic E-state index is 10.5. The van der Waals surface area contributed by atoms with E-state index in [4.69, 9.17) is 9.84 Å². The summed E-state index contributed by atoms with van der Waals surface area (Å²) in [5, 5.41) is 8.64. The van der Waals surface area contributed by atoms with Crippen LogP contribution in [0.3, 0.4) is 0 Å². The lowest BCUT2D eigenvalue weighted by Gasteiger charge is -2.29. The Morgan fingerprint density at radius 2 is 2.19 bits per heavy atom. The molecule has 4 heteroatoms. The highest BCUT2D eigenvalue weighted by molar-refractivity contribution is 5.66. The number of benzene rings is 1. The second-order valence-electron chi connectivity index (χ2n) is 5.66. The summed E-state index contributed by atoms with van der Waals surface area (Å²) in [5.74, 6) is 0.282. The van der Waals surface area contributed by atoms with Crippen molar-refractivity contribution < 1.29 is 14.6 Å². The Morgan fingerprint density at radius 3 is 2.95 bits per heavy atom. The second kappa shape index (κ2) is 8.03. The van der Waals surface area contributed by atoms with Gasteiger partial charge in [0.1, 0.15) is 5.75 Å². The molecule has 1 aliphatic rings. The third-order valence-corrected chi connectivity index (χ3v) is 3.86. The predicted molar refractivity (Wildman–Crippen MR) is 82.7 cm³/mol. The number of carboxylic acids is 1. The molecule has 21 heavy (non-hydrogen) atoms. The summed E-state index contributed by atoms with van der Waals surface area (Å²) in [4.78, 5) is 12.9. The molecule has 2 rings (SSSR count). The van der Waals surface area contributed by atoms with Crippen LogP contribution in [0.1, 0.15) is 43.7 Å². The minimum absolute atomic E-state index is 0.280. The van der Waals surface area contributed by atoms with Gasteiger partial charge in [0.15, 0.2) is 0 Å². The zero-order valence-electron chi connectivity index (χ0n) is 12.8. The number of ether oxygens (including phenoxy) is 1. The summed E-state index contributed by atoms with van der Waals surface area (Å²) in [5.41, 5.74) is 2.77. The van der Waals surface area contributed by atoms with Crippen LogP contribution in [0, 0.1) is 0 Å². The van der Waals surface area contributed by atoms with Crippen molar-refractivity contribution in [2.24, 2.45) is 0 Å². The van der Waals surface area contributed by atoms with Gasteiger partial charge >= 0.3 is 5.97 Å². The molecule has 1 aromatic carbocycles. The van der Waals surface area contributed by atoms with Crippen molar-refractivity contribution in [3.05, 3.63) is 29.3 Å². The Kier molecular flexibility index (Phi) is 6.05. The summed E-state index contributed by atoms with van der Waals surface area (Å²) < 4.78 is 5.68. The van der Waals surface area contributed by atoms with Crippen LogP contribution in [0.5, 0.6) is 5.75 Å². The van der Waals surface area contributed by atoms with Crippen LogP contribution >= 0.6 is 0 Å². The van der Waals surface area contributed by atoms with Crippen molar-refractivity contribution in [1.29, 1.82) is 0 Å². The van der Waals surface area contributed by atoms with Gasteiger partial charge in [-0.25, -0.2) is 0 Å². The standard InChI is InChI=1S/C17H25NO3/c1-2-11-21-16-7-6-15-13-18(10-8-14(15)12-16)9-4-3-5-17(19)20/h6-7,12H,2-5,8-11,13H2,1H3,(H,19,20). The first-order valence-corrected chi connectivity index (χ1v) is 7.88. The summed E-state index contributed by atoms with van der Waals surface area (Å²) in [6, 6.07) is 6.40. The predicted octanol–water partition coefficient (Wildman–Crippen LogP) is 3.09. The van der Waals surface area contributed by atoms with E-state index in [1.54, 1.807) is 0 Å². The van der Waals surface area contributed by atoms with E-state index in [-0.39, 0.29) is 6.42 Å². The van der Waals surface area contributed by atoms with Gasteiger partial charge in [-0.05, 0) is 55.5 Å². The van der Waals surface area contributed by atoms with E-state index < -0.39 is 5.97 Å². The Labute approximate surface area is 126 Å². The Hall–Kier alpha value is -1.55. The van der Waals surface area contributed by atoms with E-state index in [9.17, 15) is 4.79 Å². The van der Waals surface area contributed by atoms with Gasteiger partial charge in [-0.15, -0.1) is 0 Å².